The van der Waals surface area contributed by atoms with E-state index in [1.807, 2.05) is 0 Å². The second-order valence-electron chi connectivity index (χ2n) is 3.18. The molecule has 70 valence electrons. The zero-order valence-electron chi connectivity index (χ0n) is 7.42. The Balaban J connectivity index is 2.59. The summed E-state index contributed by atoms with van der Waals surface area (Å²) in [6.07, 6.45) is 1.00. The van der Waals surface area contributed by atoms with E-state index in [2.05, 4.69) is 5.32 Å². The van der Waals surface area contributed by atoms with E-state index >= 15 is 0 Å². The molecule has 3 N–H and O–H groups in total. The number of fused-ring (bicyclic) bond motifs is 1. The number of rotatable bonds is 1. The van der Waals surface area contributed by atoms with Crippen molar-refractivity contribution < 1.29 is 0 Å². The molecular weight excluding hydrogens is 166 g/mol. The molecule has 2 heterocycles. The summed E-state index contributed by atoms with van der Waals surface area (Å²) in [4.78, 5) is 11.4. The third-order valence-electron chi connectivity index (χ3n) is 2.34. The minimum absolute atomic E-state index is 0.0550. The van der Waals surface area contributed by atoms with Gasteiger partial charge in [-0.2, -0.15) is 0 Å². The number of hydrogen-bond donors (Lipinski definition) is 2. The minimum atomic E-state index is 0.0550. The van der Waals surface area contributed by atoms with E-state index < -0.39 is 0 Å². The highest BCUT2D eigenvalue weighted by molar-refractivity contribution is 5.46. The molecular formula is C9H13N3O. The lowest BCUT2D eigenvalue weighted by atomic mass is 10.2. The Bertz CT molecular complexity index is 370. The van der Waals surface area contributed by atoms with E-state index in [0.29, 0.717) is 6.54 Å². The molecule has 0 spiro atoms. The van der Waals surface area contributed by atoms with Crippen LogP contribution in [0, 0.1) is 0 Å². The second-order valence-corrected chi connectivity index (χ2v) is 3.18. The van der Waals surface area contributed by atoms with Crippen LogP contribution in [0.5, 0.6) is 0 Å². The van der Waals surface area contributed by atoms with Gasteiger partial charge >= 0.3 is 0 Å². The Kier molecular flexibility index (Phi) is 2.06. The normalized spacial score (nSPS) is 14.8. The largest absolute Gasteiger partial charge is 0.371 e. The summed E-state index contributed by atoms with van der Waals surface area (Å²) in [6, 6.07) is 3.38. The molecule has 0 amide bonds. The predicted octanol–water partition coefficient (Wildman–Crippen LogP) is 0.123. The number of nitrogens with two attached hydrogens (primary N) is 1. The van der Waals surface area contributed by atoms with E-state index in [-0.39, 0.29) is 5.56 Å². The minimum Gasteiger partial charge on any atom is -0.371 e. The van der Waals surface area contributed by atoms with E-state index in [1.165, 1.54) is 0 Å². The molecule has 2 rings (SSSR count). The lowest BCUT2D eigenvalue weighted by molar-refractivity contribution is 0.604. The topological polar surface area (TPSA) is 60.1 Å². The summed E-state index contributed by atoms with van der Waals surface area (Å²) in [6.45, 7) is 2.20. The number of anilines is 1. The highest BCUT2D eigenvalue weighted by Crippen LogP contribution is 2.16. The van der Waals surface area contributed by atoms with E-state index in [4.69, 9.17) is 5.73 Å². The Morgan fingerprint density at radius 1 is 1.54 bits per heavy atom. The first-order valence-electron chi connectivity index (χ1n) is 4.49. The molecule has 13 heavy (non-hydrogen) atoms. The number of aromatic nitrogens is 1. The quantitative estimate of drug-likeness (QED) is 0.644. The zero-order valence-corrected chi connectivity index (χ0v) is 7.42. The Labute approximate surface area is 76.4 Å². The van der Waals surface area contributed by atoms with Gasteiger partial charge in [-0.25, -0.2) is 0 Å². The second kappa shape index (κ2) is 3.22. The maximum atomic E-state index is 11.4. The molecule has 1 aliphatic heterocycles. The first-order chi connectivity index (χ1) is 6.33. The van der Waals surface area contributed by atoms with E-state index in [1.54, 1.807) is 16.7 Å². The van der Waals surface area contributed by atoms with Crippen molar-refractivity contribution in [1.29, 1.82) is 0 Å². The summed E-state index contributed by atoms with van der Waals surface area (Å²) in [7, 11) is 0. The molecule has 0 saturated heterocycles. The summed E-state index contributed by atoms with van der Waals surface area (Å²) in [5.74, 6) is 0.904. The molecule has 4 heteroatoms. The van der Waals surface area contributed by atoms with Gasteiger partial charge in [0, 0.05) is 31.3 Å². The Morgan fingerprint density at radius 2 is 2.38 bits per heavy atom. The van der Waals surface area contributed by atoms with Crippen molar-refractivity contribution in [2.45, 2.75) is 19.5 Å². The van der Waals surface area contributed by atoms with Crippen LogP contribution in [0.4, 0.5) is 5.82 Å². The molecule has 0 fully saturated rings. The van der Waals surface area contributed by atoms with Crippen LogP contribution < -0.4 is 16.6 Å². The van der Waals surface area contributed by atoms with Gasteiger partial charge in [0.05, 0.1) is 0 Å². The monoisotopic (exact) mass is 179 g/mol. The fourth-order valence-corrected chi connectivity index (χ4v) is 1.66. The van der Waals surface area contributed by atoms with Crippen molar-refractivity contribution in [3.63, 3.8) is 0 Å². The maximum Gasteiger partial charge on any atom is 0.252 e. The van der Waals surface area contributed by atoms with E-state index in [0.717, 1.165) is 30.9 Å². The molecule has 0 radical (unpaired) electrons. The van der Waals surface area contributed by atoms with Crippen molar-refractivity contribution in [3.05, 3.63) is 28.0 Å². The predicted molar refractivity (Wildman–Crippen MR) is 51.7 cm³/mol. The number of pyridine rings is 1. The number of nitrogens with one attached hydrogen (secondary N) is 1. The van der Waals surface area contributed by atoms with Crippen LogP contribution >= 0.6 is 0 Å². The average molecular weight is 179 g/mol. The van der Waals surface area contributed by atoms with Crippen LogP contribution in [0.1, 0.15) is 12.0 Å². The Hall–Kier alpha value is -1.29. The van der Waals surface area contributed by atoms with Gasteiger partial charge in [-0.3, -0.25) is 9.36 Å². The standard InChI is InChI=1S/C9H13N3O/c10-6-7-2-3-8(13)12-5-1-4-11-9(7)12/h2-3,11H,1,4-6,10H2. The molecule has 0 bridgehead atoms. The number of hydrogen-bond acceptors (Lipinski definition) is 3. The van der Waals surface area contributed by atoms with Crippen molar-refractivity contribution in [2.75, 3.05) is 11.9 Å². The molecule has 1 aliphatic rings. The third kappa shape index (κ3) is 1.33. The fraction of sp³-hybridized carbons (Fsp3) is 0.444. The van der Waals surface area contributed by atoms with Crippen LogP contribution in [-0.4, -0.2) is 11.1 Å². The molecule has 0 unspecified atom stereocenters. The highest BCUT2D eigenvalue weighted by atomic mass is 16.1. The molecule has 0 saturated carbocycles. The third-order valence-corrected chi connectivity index (χ3v) is 2.34. The Morgan fingerprint density at radius 3 is 3.15 bits per heavy atom. The van der Waals surface area contributed by atoms with Crippen LogP contribution in [-0.2, 0) is 13.1 Å². The average Bonchev–Trinajstić information content (AvgIpc) is 2.19. The van der Waals surface area contributed by atoms with Gasteiger partial charge in [0.15, 0.2) is 0 Å². The molecule has 4 nitrogen and oxygen atoms in total. The van der Waals surface area contributed by atoms with Crippen LogP contribution in [0.25, 0.3) is 0 Å². The summed E-state index contributed by atoms with van der Waals surface area (Å²) >= 11 is 0. The van der Waals surface area contributed by atoms with Gasteiger partial charge in [0.2, 0.25) is 0 Å². The molecule has 0 aromatic carbocycles. The molecule has 1 aromatic heterocycles. The van der Waals surface area contributed by atoms with Gasteiger partial charge in [-0.15, -0.1) is 0 Å². The van der Waals surface area contributed by atoms with Crippen LogP contribution in [0.2, 0.25) is 0 Å². The SMILES string of the molecule is NCc1ccc(=O)n2c1NCCC2. The van der Waals surface area contributed by atoms with Crippen molar-refractivity contribution in [1.82, 2.24) is 4.57 Å². The van der Waals surface area contributed by atoms with Crippen LogP contribution in [0.3, 0.4) is 0 Å². The highest BCUT2D eigenvalue weighted by Gasteiger charge is 2.11. The summed E-state index contributed by atoms with van der Waals surface area (Å²) < 4.78 is 1.76. The zero-order chi connectivity index (χ0) is 9.26. The van der Waals surface area contributed by atoms with Gasteiger partial charge in [-0.05, 0) is 12.5 Å². The maximum absolute atomic E-state index is 11.4. The lowest BCUT2D eigenvalue weighted by Crippen LogP contribution is -2.29. The summed E-state index contributed by atoms with van der Waals surface area (Å²) in [5.41, 5.74) is 6.64. The van der Waals surface area contributed by atoms with Crippen molar-refractivity contribution in [2.24, 2.45) is 5.73 Å². The number of nitrogens with zero attached hydrogens (tertiary/aromatic N) is 1. The van der Waals surface area contributed by atoms with Crippen molar-refractivity contribution in [3.8, 4) is 0 Å². The first kappa shape index (κ1) is 8.31. The smallest absolute Gasteiger partial charge is 0.252 e. The van der Waals surface area contributed by atoms with Gasteiger partial charge in [0.1, 0.15) is 5.82 Å². The lowest BCUT2D eigenvalue weighted by Gasteiger charge is -2.22. The van der Waals surface area contributed by atoms with E-state index in [9.17, 15) is 4.79 Å². The van der Waals surface area contributed by atoms with Crippen LogP contribution in [0.15, 0.2) is 16.9 Å². The fourth-order valence-electron chi connectivity index (χ4n) is 1.66. The molecule has 0 aliphatic carbocycles. The van der Waals surface area contributed by atoms with Gasteiger partial charge < -0.3 is 11.1 Å². The van der Waals surface area contributed by atoms with Gasteiger partial charge in [-0.1, -0.05) is 0 Å². The van der Waals surface area contributed by atoms with Crippen molar-refractivity contribution >= 4 is 5.82 Å². The first-order valence-corrected chi connectivity index (χ1v) is 4.49. The molecule has 1 aromatic rings. The molecule has 0 atom stereocenters. The summed E-state index contributed by atoms with van der Waals surface area (Å²) in [5, 5.41) is 3.21. The van der Waals surface area contributed by atoms with Gasteiger partial charge in [0.25, 0.3) is 5.56 Å².